The molecule has 1 fully saturated rings. The maximum atomic E-state index is 13.8. The molecule has 3 aromatic carbocycles. The molecule has 4 rings (SSSR count). The lowest BCUT2D eigenvalue weighted by atomic mass is 9.94. The molecule has 38 heavy (non-hydrogen) atoms. The summed E-state index contributed by atoms with van der Waals surface area (Å²) in [4.78, 5) is 29.5. The molecule has 3 aromatic rings. The van der Waals surface area contributed by atoms with Crippen molar-refractivity contribution in [3.05, 3.63) is 106 Å². The Bertz CT molecular complexity index is 1180. The highest BCUT2D eigenvalue weighted by atomic mass is 35.5. The number of hydrogen-bond acceptors (Lipinski definition) is 3. The summed E-state index contributed by atoms with van der Waals surface area (Å²) in [7, 11) is 0. The molecule has 200 valence electrons. The number of carbonyl (C=O) groups excluding carboxylic acids is 2. The lowest BCUT2D eigenvalue weighted by Crippen LogP contribution is -2.53. The van der Waals surface area contributed by atoms with Gasteiger partial charge in [0.1, 0.15) is 6.04 Å². The Morgan fingerprint density at radius 1 is 0.921 bits per heavy atom. The molecule has 0 aliphatic heterocycles. The van der Waals surface area contributed by atoms with Gasteiger partial charge in [-0.3, -0.25) is 9.59 Å². The van der Waals surface area contributed by atoms with Crippen LogP contribution in [0.25, 0.3) is 0 Å². The summed E-state index contributed by atoms with van der Waals surface area (Å²) in [5.41, 5.74) is 4.35. The average Bonchev–Trinajstić information content (AvgIpc) is 2.93. The topological polar surface area (TPSA) is 49.4 Å². The van der Waals surface area contributed by atoms with Gasteiger partial charge in [-0.2, -0.15) is 0 Å². The molecule has 0 heterocycles. The fourth-order valence-corrected chi connectivity index (χ4v) is 5.99. The fraction of sp³-hybridized carbons (Fsp3) is 0.375. The number of nitrogens with one attached hydrogen (secondary N) is 1. The quantitative estimate of drug-likeness (QED) is 0.281. The molecular weight excluding hydrogens is 512 g/mol. The van der Waals surface area contributed by atoms with Crippen molar-refractivity contribution in [2.45, 2.75) is 69.8 Å². The van der Waals surface area contributed by atoms with E-state index in [9.17, 15) is 9.59 Å². The standard InChI is InChI=1S/C32H37ClN2O2S/c1-24-10-8-9-13-27(24)21-35(31(36)23-38-22-26-16-18-28(33)19-17-26)30(20-25-11-4-2-5-12-25)32(37)34-29-14-6-3-7-15-29/h2,4-5,8-13,16-19,29-30H,3,6-7,14-15,20-23H2,1H3,(H,34,37)/t30-/m1/s1. The van der Waals surface area contributed by atoms with E-state index in [0.29, 0.717) is 29.5 Å². The summed E-state index contributed by atoms with van der Waals surface area (Å²) < 4.78 is 0. The van der Waals surface area contributed by atoms with Gasteiger partial charge in [-0.1, -0.05) is 97.6 Å². The van der Waals surface area contributed by atoms with E-state index in [1.807, 2.05) is 71.6 Å². The van der Waals surface area contributed by atoms with Crippen LogP contribution in [0.5, 0.6) is 0 Å². The van der Waals surface area contributed by atoms with E-state index in [-0.39, 0.29) is 17.9 Å². The van der Waals surface area contributed by atoms with Gasteiger partial charge >= 0.3 is 0 Å². The van der Waals surface area contributed by atoms with Crippen LogP contribution in [0, 0.1) is 6.92 Å². The van der Waals surface area contributed by atoms with Crippen molar-refractivity contribution < 1.29 is 9.59 Å². The number of nitrogens with zero attached hydrogens (tertiary/aromatic N) is 1. The van der Waals surface area contributed by atoms with Gasteiger partial charge in [0.05, 0.1) is 5.75 Å². The number of carbonyl (C=O) groups is 2. The molecule has 1 N–H and O–H groups in total. The van der Waals surface area contributed by atoms with Gasteiger partial charge in [0.2, 0.25) is 11.8 Å². The van der Waals surface area contributed by atoms with Gasteiger partial charge in [0.25, 0.3) is 0 Å². The van der Waals surface area contributed by atoms with Gasteiger partial charge < -0.3 is 10.2 Å². The highest BCUT2D eigenvalue weighted by Gasteiger charge is 2.32. The smallest absolute Gasteiger partial charge is 0.243 e. The first-order valence-electron chi connectivity index (χ1n) is 13.5. The summed E-state index contributed by atoms with van der Waals surface area (Å²) in [6.45, 7) is 2.46. The van der Waals surface area contributed by atoms with Crippen molar-refractivity contribution in [1.29, 1.82) is 0 Å². The third-order valence-corrected chi connectivity index (χ3v) is 8.47. The molecule has 0 aromatic heterocycles. The second kappa shape index (κ2) is 14.4. The minimum Gasteiger partial charge on any atom is -0.352 e. The summed E-state index contributed by atoms with van der Waals surface area (Å²) in [6.07, 6.45) is 6.00. The maximum absolute atomic E-state index is 13.8. The van der Waals surface area contributed by atoms with Crippen molar-refractivity contribution >= 4 is 35.2 Å². The van der Waals surface area contributed by atoms with Gasteiger partial charge in [0, 0.05) is 29.8 Å². The highest BCUT2D eigenvalue weighted by molar-refractivity contribution is 7.99. The van der Waals surface area contributed by atoms with Crippen molar-refractivity contribution in [2.24, 2.45) is 0 Å². The van der Waals surface area contributed by atoms with E-state index >= 15 is 0 Å². The Balaban J connectivity index is 1.56. The van der Waals surface area contributed by atoms with Crippen LogP contribution in [0.2, 0.25) is 5.02 Å². The number of rotatable bonds is 11. The zero-order valence-electron chi connectivity index (χ0n) is 22.1. The van der Waals surface area contributed by atoms with Crippen LogP contribution in [0.4, 0.5) is 0 Å². The summed E-state index contributed by atoms with van der Waals surface area (Å²) in [5, 5.41) is 4.01. The molecule has 0 saturated heterocycles. The minimum atomic E-state index is -0.581. The van der Waals surface area contributed by atoms with Crippen LogP contribution in [0.1, 0.15) is 54.4 Å². The Hall–Kier alpha value is -2.76. The second-order valence-electron chi connectivity index (χ2n) is 10.1. The van der Waals surface area contributed by atoms with Crippen LogP contribution in [0.3, 0.4) is 0 Å². The molecule has 1 aliphatic rings. The van der Waals surface area contributed by atoms with E-state index in [4.69, 9.17) is 11.6 Å². The summed E-state index contributed by atoms with van der Waals surface area (Å²) in [5.74, 6) is 0.937. The number of benzene rings is 3. The number of amides is 2. The van der Waals surface area contributed by atoms with E-state index in [2.05, 4.69) is 24.4 Å². The van der Waals surface area contributed by atoms with E-state index in [1.54, 1.807) is 11.8 Å². The number of thioether (sulfide) groups is 1. The van der Waals surface area contributed by atoms with Crippen molar-refractivity contribution in [2.75, 3.05) is 5.75 Å². The van der Waals surface area contributed by atoms with Gasteiger partial charge in [-0.15, -0.1) is 11.8 Å². The Kier molecular flexibility index (Phi) is 10.7. The molecule has 0 spiro atoms. The van der Waals surface area contributed by atoms with E-state index < -0.39 is 6.04 Å². The number of halogens is 1. The van der Waals surface area contributed by atoms with E-state index in [1.165, 1.54) is 6.42 Å². The molecule has 2 amide bonds. The predicted octanol–water partition coefficient (Wildman–Crippen LogP) is 6.97. The average molecular weight is 549 g/mol. The van der Waals surface area contributed by atoms with Crippen LogP contribution < -0.4 is 5.32 Å². The number of hydrogen-bond donors (Lipinski definition) is 1. The number of aryl methyl sites for hydroxylation is 1. The maximum Gasteiger partial charge on any atom is 0.243 e. The Labute approximate surface area is 236 Å². The monoisotopic (exact) mass is 548 g/mol. The summed E-state index contributed by atoms with van der Waals surface area (Å²) >= 11 is 7.59. The summed E-state index contributed by atoms with van der Waals surface area (Å²) in [6, 6.07) is 25.4. The first-order chi connectivity index (χ1) is 18.5. The van der Waals surface area contributed by atoms with E-state index in [0.717, 1.165) is 47.9 Å². The molecule has 1 aliphatic carbocycles. The lowest BCUT2D eigenvalue weighted by molar-refractivity contribution is -0.139. The molecule has 0 unspecified atom stereocenters. The van der Waals surface area contributed by atoms with Crippen molar-refractivity contribution in [3.8, 4) is 0 Å². The van der Waals surface area contributed by atoms with Gasteiger partial charge in [-0.25, -0.2) is 0 Å². The normalized spacial score (nSPS) is 14.6. The van der Waals surface area contributed by atoms with Gasteiger partial charge in [-0.05, 0) is 54.2 Å². The molecule has 4 nitrogen and oxygen atoms in total. The molecule has 1 saturated carbocycles. The molecule has 1 atom stereocenters. The van der Waals surface area contributed by atoms with Crippen LogP contribution in [0.15, 0.2) is 78.9 Å². The molecular formula is C32H37ClN2O2S. The third kappa shape index (κ3) is 8.37. The SMILES string of the molecule is Cc1ccccc1CN(C(=O)CSCc1ccc(Cl)cc1)[C@H](Cc1ccccc1)C(=O)NC1CCCCC1. The zero-order chi connectivity index (χ0) is 26.7. The van der Waals surface area contributed by atoms with Gasteiger partial charge in [0.15, 0.2) is 0 Å². The largest absolute Gasteiger partial charge is 0.352 e. The second-order valence-corrected chi connectivity index (χ2v) is 11.5. The Morgan fingerprint density at radius 2 is 1.61 bits per heavy atom. The van der Waals surface area contributed by atoms with Crippen LogP contribution in [-0.4, -0.2) is 34.6 Å². The minimum absolute atomic E-state index is 0.0214. The third-order valence-electron chi connectivity index (χ3n) is 7.23. The van der Waals surface area contributed by atoms with Crippen molar-refractivity contribution in [3.63, 3.8) is 0 Å². The molecule has 6 heteroatoms. The molecule has 0 radical (unpaired) electrons. The Morgan fingerprint density at radius 3 is 2.32 bits per heavy atom. The lowest BCUT2D eigenvalue weighted by Gasteiger charge is -2.34. The first-order valence-corrected chi connectivity index (χ1v) is 15.0. The molecule has 0 bridgehead atoms. The van der Waals surface area contributed by atoms with Crippen LogP contribution >= 0.6 is 23.4 Å². The zero-order valence-corrected chi connectivity index (χ0v) is 23.6. The van der Waals surface area contributed by atoms with Crippen LogP contribution in [-0.2, 0) is 28.3 Å². The predicted molar refractivity (Wildman–Crippen MR) is 158 cm³/mol. The highest BCUT2D eigenvalue weighted by Crippen LogP contribution is 2.22. The fourth-order valence-electron chi connectivity index (χ4n) is 4.99. The van der Waals surface area contributed by atoms with Crippen molar-refractivity contribution in [1.82, 2.24) is 10.2 Å². The first kappa shape index (κ1) is 28.3.